The Hall–Kier alpha value is -1.44. The molecular weight excluding hydrogens is 290 g/mol. The molecule has 3 rings (SSSR count). The summed E-state index contributed by atoms with van der Waals surface area (Å²) in [6.45, 7) is 1.52. The van der Waals surface area contributed by atoms with E-state index in [1.807, 2.05) is 0 Å². The van der Waals surface area contributed by atoms with Crippen molar-refractivity contribution in [2.45, 2.75) is 23.8 Å². The number of benzene rings is 1. The first-order valence-corrected chi connectivity index (χ1v) is 8.43. The van der Waals surface area contributed by atoms with Gasteiger partial charge in [-0.05, 0) is 36.7 Å². The van der Waals surface area contributed by atoms with Gasteiger partial charge in [0, 0.05) is 32.4 Å². The zero-order valence-electron chi connectivity index (χ0n) is 12.2. The molecule has 2 aliphatic rings. The van der Waals surface area contributed by atoms with E-state index in [0.717, 1.165) is 24.2 Å². The highest BCUT2D eigenvalue weighted by Gasteiger charge is 2.32. The number of nitrogens with one attached hydrogen (secondary N) is 1. The molecule has 1 atom stereocenters. The van der Waals surface area contributed by atoms with Crippen molar-refractivity contribution >= 4 is 21.6 Å². The maximum Gasteiger partial charge on any atom is 0.243 e. The van der Waals surface area contributed by atoms with Gasteiger partial charge in [0.2, 0.25) is 15.9 Å². The molecule has 2 heterocycles. The molecule has 0 bridgehead atoms. The van der Waals surface area contributed by atoms with Crippen molar-refractivity contribution in [1.82, 2.24) is 9.62 Å². The molecule has 21 heavy (non-hydrogen) atoms. The van der Waals surface area contributed by atoms with E-state index in [0.29, 0.717) is 6.54 Å². The first-order valence-electron chi connectivity index (χ1n) is 6.99. The second kappa shape index (κ2) is 5.08. The monoisotopic (exact) mass is 309 g/mol. The highest BCUT2D eigenvalue weighted by Crippen LogP contribution is 2.31. The molecule has 1 aromatic carbocycles. The minimum Gasteiger partial charge on any atom is -0.315 e. The van der Waals surface area contributed by atoms with E-state index in [9.17, 15) is 13.2 Å². The van der Waals surface area contributed by atoms with Gasteiger partial charge in [-0.15, -0.1) is 0 Å². The van der Waals surface area contributed by atoms with Crippen LogP contribution in [0.1, 0.15) is 12.0 Å². The molecule has 0 spiro atoms. The van der Waals surface area contributed by atoms with Gasteiger partial charge in [-0.1, -0.05) is 0 Å². The van der Waals surface area contributed by atoms with Crippen molar-refractivity contribution < 1.29 is 13.2 Å². The van der Waals surface area contributed by atoms with Crippen molar-refractivity contribution in [3.05, 3.63) is 23.8 Å². The van der Waals surface area contributed by atoms with E-state index in [1.165, 1.54) is 4.31 Å². The van der Waals surface area contributed by atoms with E-state index >= 15 is 0 Å². The maximum atomic E-state index is 12.7. The number of anilines is 1. The van der Waals surface area contributed by atoms with Gasteiger partial charge >= 0.3 is 0 Å². The lowest BCUT2D eigenvalue weighted by Crippen LogP contribution is -2.38. The highest BCUT2D eigenvalue weighted by molar-refractivity contribution is 7.89. The van der Waals surface area contributed by atoms with E-state index in [1.54, 1.807) is 37.2 Å². The number of nitrogens with zero attached hydrogens (tertiary/aromatic N) is 2. The minimum absolute atomic E-state index is 0.00658. The largest absolute Gasteiger partial charge is 0.315 e. The van der Waals surface area contributed by atoms with Crippen LogP contribution in [-0.4, -0.2) is 51.9 Å². The Balaban J connectivity index is 1.93. The summed E-state index contributed by atoms with van der Waals surface area (Å²) in [5.41, 5.74) is 1.57. The average Bonchev–Trinajstić information content (AvgIpc) is 3.07. The summed E-state index contributed by atoms with van der Waals surface area (Å²) in [6, 6.07) is 4.92. The Kier molecular flexibility index (Phi) is 3.51. The second-order valence-corrected chi connectivity index (χ2v) is 7.59. The van der Waals surface area contributed by atoms with Crippen molar-refractivity contribution in [2.24, 2.45) is 0 Å². The fourth-order valence-electron chi connectivity index (χ4n) is 2.92. The summed E-state index contributed by atoms with van der Waals surface area (Å²) in [5, 5.41) is 3.17. The van der Waals surface area contributed by atoms with E-state index in [2.05, 4.69) is 5.32 Å². The number of amides is 1. The number of hydrogen-bond donors (Lipinski definition) is 1. The topological polar surface area (TPSA) is 69.7 Å². The fraction of sp³-hybridized carbons (Fsp3) is 0.500. The van der Waals surface area contributed by atoms with Gasteiger partial charge in [0.1, 0.15) is 0 Å². The average molecular weight is 309 g/mol. The van der Waals surface area contributed by atoms with Gasteiger partial charge in [-0.2, -0.15) is 4.31 Å². The van der Waals surface area contributed by atoms with Gasteiger partial charge in [0.15, 0.2) is 0 Å². The molecular formula is C14H19N3O3S. The molecule has 0 saturated carbocycles. The van der Waals surface area contributed by atoms with Gasteiger partial charge in [-0.25, -0.2) is 8.42 Å². The van der Waals surface area contributed by atoms with Crippen molar-refractivity contribution in [3.8, 4) is 0 Å². The number of carbonyl (C=O) groups excluding carboxylic acids is 1. The molecule has 1 aromatic rings. The number of rotatable bonds is 3. The summed E-state index contributed by atoms with van der Waals surface area (Å²) in [6.07, 6.45) is 1.09. The van der Waals surface area contributed by atoms with E-state index in [4.69, 9.17) is 0 Å². The molecule has 1 fully saturated rings. The second-order valence-electron chi connectivity index (χ2n) is 5.59. The van der Waals surface area contributed by atoms with Crippen LogP contribution in [0.4, 0.5) is 5.69 Å². The van der Waals surface area contributed by atoms with Crippen LogP contribution in [0.25, 0.3) is 0 Å². The van der Waals surface area contributed by atoms with Crippen LogP contribution in [-0.2, 0) is 21.2 Å². The van der Waals surface area contributed by atoms with Crippen LogP contribution in [0.2, 0.25) is 0 Å². The SMILES string of the molecule is CN1C(=O)Cc2cc(S(=O)(=O)N(C)C3CCNC3)ccc21. The molecule has 0 aliphatic carbocycles. The third-order valence-corrected chi connectivity index (χ3v) is 6.26. The fourth-order valence-corrected chi connectivity index (χ4v) is 4.36. The predicted molar refractivity (Wildman–Crippen MR) is 79.8 cm³/mol. The first kappa shape index (κ1) is 14.5. The lowest BCUT2D eigenvalue weighted by atomic mass is 10.2. The van der Waals surface area contributed by atoms with Crippen LogP contribution >= 0.6 is 0 Å². The predicted octanol–water partition coefficient (Wildman–Crippen LogP) is 0.188. The molecule has 0 aromatic heterocycles. The third kappa shape index (κ3) is 2.35. The van der Waals surface area contributed by atoms with Crippen molar-refractivity contribution in [1.29, 1.82) is 0 Å². The summed E-state index contributed by atoms with van der Waals surface area (Å²) in [5.74, 6) is -0.00658. The van der Waals surface area contributed by atoms with Crippen molar-refractivity contribution in [3.63, 3.8) is 0 Å². The standard InChI is InChI=1S/C14H19N3O3S/c1-16-13-4-3-12(7-10(13)8-14(16)18)21(19,20)17(2)11-5-6-15-9-11/h3-4,7,11,15H,5-6,8-9H2,1-2H3. The normalized spacial score (nSPS) is 22.1. The van der Waals surface area contributed by atoms with Gasteiger partial charge in [0.05, 0.1) is 11.3 Å². The smallest absolute Gasteiger partial charge is 0.243 e. The molecule has 2 aliphatic heterocycles. The summed E-state index contributed by atoms with van der Waals surface area (Å²) < 4.78 is 26.8. The number of hydrogen-bond acceptors (Lipinski definition) is 4. The van der Waals surface area contributed by atoms with Crippen LogP contribution < -0.4 is 10.2 Å². The van der Waals surface area contributed by atoms with E-state index in [-0.39, 0.29) is 23.3 Å². The maximum absolute atomic E-state index is 12.7. The van der Waals surface area contributed by atoms with Gasteiger partial charge < -0.3 is 10.2 Å². The number of fused-ring (bicyclic) bond motifs is 1. The van der Waals surface area contributed by atoms with Crippen LogP contribution in [0.5, 0.6) is 0 Å². The first-order chi connectivity index (χ1) is 9.91. The number of likely N-dealkylation sites (N-methyl/N-ethyl adjacent to an activating group) is 2. The molecule has 1 amide bonds. The molecule has 114 valence electrons. The third-order valence-electron chi connectivity index (χ3n) is 4.35. The molecule has 1 unspecified atom stereocenters. The lowest BCUT2D eigenvalue weighted by Gasteiger charge is -2.23. The summed E-state index contributed by atoms with van der Waals surface area (Å²) >= 11 is 0. The van der Waals surface area contributed by atoms with Crippen LogP contribution in [0, 0.1) is 0 Å². The van der Waals surface area contributed by atoms with Crippen molar-refractivity contribution in [2.75, 3.05) is 32.1 Å². The zero-order valence-corrected chi connectivity index (χ0v) is 13.0. The Morgan fingerprint density at radius 3 is 2.81 bits per heavy atom. The van der Waals surface area contributed by atoms with Crippen LogP contribution in [0.3, 0.4) is 0 Å². The summed E-state index contributed by atoms with van der Waals surface area (Å²) in [7, 11) is -0.186. The van der Waals surface area contributed by atoms with E-state index < -0.39 is 10.0 Å². The minimum atomic E-state index is -3.52. The Morgan fingerprint density at radius 1 is 1.38 bits per heavy atom. The molecule has 6 nitrogen and oxygen atoms in total. The quantitative estimate of drug-likeness (QED) is 0.865. The Morgan fingerprint density at radius 2 is 2.14 bits per heavy atom. The Labute approximate surface area is 124 Å². The number of carbonyl (C=O) groups is 1. The molecule has 0 radical (unpaired) electrons. The van der Waals surface area contributed by atoms with Gasteiger partial charge in [-0.3, -0.25) is 4.79 Å². The Bertz CT molecular complexity index is 681. The number of sulfonamides is 1. The van der Waals surface area contributed by atoms with Gasteiger partial charge in [0.25, 0.3) is 0 Å². The molecule has 7 heteroatoms. The summed E-state index contributed by atoms with van der Waals surface area (Å²) in [4.78, 5) is 13.5. The lowest BCUT2D eigenvalue weighted by molar-refractivity contribution is -0.117. The van der Waals surface area contributed by atoms with Crippen LogP contribution in [0.15, 0.2) is 23.1 Å². The highest BCUT2D eigenvalue weighted by atomic mass is 32.2. The molecule has 1 saturated heterocycles. The zero-order chi connectivity index (χ0) is 15.2. The molecule has 1 N–H and O–H groups in total.